The molecular weight excluding hydrogens is 270 g/mol. The van der Waals surface area contributed by atoms with Gasteiger partial charge < -0.3 is 15.2 Å². The third kappa shape index (κ3) is 3.08. The average Bonchev–Trinajstić information content (AvgIpc) is 3.11. The fourth-order valence-corrected chi connectivity index (χ4v) is 3.14. The Bertz CT molecular complexity index is 532. The van der Waals surface area contributed by atoms with E-state index < -0.39 is 12.1 Å². The number of carbonyl (C=O) groups is 2. The second-order valence-electron chi connectivity index (χ2n) is 5.78. The van der Waals surface area contributed by atoms with E-state index in [9.17, 15) is 9.59 Å². The van der Waals surface area contributed by atoms with Gasteiger partial charge in [0.25, 0.3) is 0 Å². The molecule has 3 rings (SSSR count). The molecule has 2 unspecified atom stereocenters. The molecule has 0 radical (unpaired) electrons. The topological polar surface area (TPSA) is 75.6 Å². The number of carboxylic acid groups (broad SMARTS) is 1. The summed E-state index contributed by atoms with van der Waals surface area (Å²) in [5.74, 6) is -0.900. The number of hydrogen-bond acceptors (Lipinski definition) is 3. The molecule has 0 aromatic heterocycles. The summed E-state index contributed by atoms with van der Waals surface area (Å²) < 4.78 is 5.38. The molecule has 0 spiro atoms. The lowest BCUT2D eigenvalue weighted by Crippen LogP contribution is -2.37. The molecule has 2 N–H and O–H groups in total. The Morgan fingerprint density at radius 1 is 1.19 bits per heavy atom. The molecule has 1 saturated heterocycles. The molecule has 21 heavy (non-hydrogen) atoms. The number of ether oxygens (including phenoxy) is 1. The van der Waals surface area contributed by atoms with Crippen molar-refractivity contribution in [3.63, 3.8) is 0 Å². The zero-order valence-corrected chi connectivity index (χ0v) is 11.7. The van der Waals surface area contributed by atoms with Crippen molar-refractivity contribution in [2.45, 2.75) is 37.9 Å². The number of hydrogen-bond donors (Lipinski definition) is 2. The minimum absolute atomic E-state index is 0.0147. The van der Waals surface area contributed by atoms with Crippen molar-refractivity contribution in [2.75, 3.05) is 6.54 Å². The number of rotatable bonds is 4. The average molecular weight is 289 g/mol. The lowest BCUT2D eigenvalue weighted by molar-refractivity contribution is -0.149. The highest BCUT2D eigenvalue weighted by Gasteiger charge is 2.32. The van der Waals surface area contributed by atoms with Crippen LogP contribution in [0.4, 0.5) is 0 Å². The van der Waals surface area contributed by atoms with Crippen molar-refractivity contribution >= 4 is 11.9 Å². The number of carboxylic acids is 1. The first-order valence-electron chi connectivity index (χ1n) is 7.36. The zero-order chi connectivity index (χ0) is 14.8. The number of amides is 1. The van der Waals surface area contributed by atoms with Crippen LogP contribution in [0.25, 0.3) is 0 Å². The van der Waals surface area contributed by atoms with Gasteiger partial charge >= 0.3 is 5.97 Å². The quantitative estimate of drug-likeness (QED) is 0.872. The molecule has 1 aliphatic carbocycles. The van der Waals surface area contributed by atoms with E-state index in [-0.39, 0.29) is 17.9 Å². The van der Waals surface area contributed by atoms with Crippen LogP contribution in [-0.2, 0) is 27.2 Å². The van der Waals surface area contributed by atoms with Gasteiger partial charge in [0.2, 0.25) is 5.91 Å². The first-order chi connectivity index (χ1) is 10.1. The van der Waals surface area contributed by atoms with Crippen molar-refractivity contribution in [3.05, 3.63) is 35.4 Å². The van der Waals surface area contributed by atoms with Gasteiger partial charge in [-0.05, 0) is 36.8 Å². The van der Waals surface area contributed by atoms with Gasteiger partial charge in [-0.25, -0.2) is 4.79 Å². The molecule has 5 heteroatoms. The van der Waals surface area contributed by atoms with E-state index in [0.717, 1.165) is 12.8 Å². The lowest BCUT2D eigenvalue weighted by Gasteiger charge is -2.14. The molecule has 1 heterocycles. The summed E-state index contributed by atoms with van der Waals surface area (Å²) in [6.07, 6.45) is 1.87. The second kappa shape index (κ2) is 5.85. The van der Waals surface area contributed by atoms with Gasteiger partial charge in [0, 0.05) is 12.5 Å². The number of benzene rings is 1. The Kier molecular flexibility index (Phi) is 3.92. The highest BCUT2D eigenvalue weighted by molar-refractivity contribution is 5.80. The zero-order valence-electron chi connectivity index (χ0n) is 11.7. The minimum atomic E-state index is -0.921. The van der Waals surface area contributed by atoms with Gasteiger partial charge in [0.05, 0.1) is 6.10 Å². The SMILES string of the molecule is O=C(NCC1CCC(C(=O)O)O1)C1Cc2ccccc2C1. The van der Waals surface area contributed by atoms with E-state index >= 15 is 0 Å². The molecule has 0 saturated carbocycles. The van der Waals surface area contributed by atoms with Crippen LogP contribution in [-0.4, -0.2) is 35.7 Å². The fourth-order valence-electron chi connectivity index (χ4n) is 3.14. The lowest BCUT2D eigenvalue weighted by atomic mass is 10.1. The first-order valence-corrected chi connectivity index (χ1v) is 7.36. The van der Waals surface area contributed by atoms with Gasteiger partial charge in [0.15, 0.2) is 6.10 Å². The maximum absolute atomic E-state index is 12.2. The molecule has 1 amide bonds. The molecular formula is C16H19NO4. The Labute approximate surface area is 123 Å². The van der Waals surface area contributed by atoms with Crippen LogP contribution < -0.4 is 5.32 Å². The molecule has 1 aromatic rings. The van der Waals surface area contributed by atoms with Crippen LogP contribution in [0.2, 0.25) is 0 Å². The fraction of sp³-hybridized carbons (Fsp3) is 0.500. The van der Waals surface area contributed by atoms with Crippen LogP contribution >= 0.6 is 0 Å². The van der Waals surface area contributed by atoms with E-state index in [0.29, 0.717) is 19.4 Å². The summed E-state index contributed by atoms with van der Waals surface area (Å²) in [7, 11) is 0. The standard InChI is InChI=1S/C16H19NO4/c18-15(12-7-10-3-1-2-4-11(10)8-12)17-9-13-5-6-14(21-13)16(19)20/h1-4,12-14H,5-9H2,(H,17,18)(H,19,20). The van der Waals surface area contributed by atoms with Crippen LogP contribution in [0.3, 0.4) is 0 Å². The van der Waals surface area contributed by atoms with Crippen molar-refractivity contribution in [1.82, 2.24) is 5.32 Å². The van der Waals surface area contributed by atoms with Crippen LogP contribution in [0, 0.1) is 5.92 Å². The van der Waals surface area contributed by atoms with Crippen molar-refractivity contribution in [1.29, 1.82) is 0 Å². The molecule has 2 atom stereocenters. The largest absolute Gasteiger partial charge is 0.479 e. The predicted octanol–water partition coefficient (Wildman–Crippen LogP) is 1.15. The maximum Gasteiger partial charge on any atom is 0.332 e. The Hall–Kier alpha value is -1.88. The van der Waals surface area contributed by atoms with E-state index in [1.54, 1.807) is 0 Å². The normalized spacial score (nSPS) is 24.8. The molecule has 112 valence electrons. The van der Waals surface area contributed by atoms with E-state index in [1.165, 1.54) is 11.1 Å². The molecule has 0 bridgehead atoms. The van der Waals surface area contributed by atoms with Gasteiger partial charge in [0.1, 0.15) is 0 Å². The monoisotopic (exact) mass is 289 g/mol. The number of fused-ring (bicyclic) bond motifs is 1. The second-order valence-corrected chi connectivity index (χ2v) is 5.78. The third-order valence-corrected chi connectivity index (χ3v) is 4.31. The van der Waals surface area contributed by atoms with Crippen molar-refractivity contribution in [2.24, 2.45) is 5.92 Å². The number of aliphatic carboxylic acids is 1. The van der Waals surface area contributed by atoms with Gasteiger partial charge in [-0.1, -0.05) is 24.3 Å². The highest BCUT2D eigenvalue weighted by Crippen LogP contribution is 2.26. The Morgan fingerprint density at radius 2 is 1.86 bits per heavy atom. The first kappa shape index (κ1) is 14.1. The summed E-state index contributed by atoms with van der Waals surface area (Å²) >= 11 is 0. The molecule has 1 aromatic carbocycles. The van der Waals surface area contributed by atoms with E-state index in [1.807, 2.05) is 12.1 Å². The summed E-state index contributed by atoms with van der Waals surface area (Å²) in [6, 6.07) is 8.13. The molecule has 2 aliphatic rings. The summed E-state index contributed by atoms with van der Waals surface area (Å²) in [5.41, 5.74) is 2.50. The smallest absolute Gasteiger partial charge is 0.332 e. The summed E-state index contributed by atoms with van der Waals surface area (Å²) in [6.45, 7) is 0.398. The van der Waals surface area contributed by atoms with Crippen LogP contribution in [0.5, 0.6) is 0 Å². The molecule has 5 nitrogen and oxygen atoms in total. The maximum atomic E-state index is 12.2. The summed E-state index contributed by atoms with van der Waals surface area (Å²) in [5, 5.41) is 11.8. The predicted molar refractivity (Wildman–Crippen MR) is 75.9 cm³/mol. The Balaban J connectivity index is 1.47. The van der Waals surface area contributed by atoms with Crippen LogP contribution in [0.1, 0.15) is 24.0 Å². The number of nitrogens with one attached hydrogen (secondary N) is 1. The Morgan fingerprint density at radius 3 is 2.43 bits per heavy atom. The van der Waals surface area contributed by atoms with Gasteiger partial charge in [-0.3, -0.25) is 4.79 Å². The van der Waals surface area contributed by atoms with Crippen LogP contribution in [0.15, 0.2) is 24.3 Å². The summed E-state index contributed by atoms with van der Waals surface area (Å²) in [4.78, 5) is 23.0. The number of carbonyl (C=O) groups excluding carboxylic acids is 1. The van der Waals surface area contributed by atoms with Gasteiger partial charge in [-0.15, -0.1) is 0 Å². The molecule has 1 aliphatic heterocycles. The van der Waals surface area contributed by atoms with E-state index in [2.05, 4.69) is 17.4 Å². The van der Waals surface area contributed by atoms with Crippen molar-refractivity contribution < 1.29 is 19.4 Å². The van der Waals surface area contributed by atoms with E-state index in [4.69, 9.17) is 9.84 Å². The minimum Gasteiger partial charge on any atom is -0.479 e. The van der Waals surface area contributed by atoms with Crippen molar-refractivity contribution in [3.8, 4) is 0 Å². The third-order valence-electron chi connectivity index (χ3n) is 4.31. The van der Waals surface area contributed by atoms with Gasteiger partial charge in [-0.2, -0.15) is 0 Å². The molecule has 1 fully saturated rings. The highest BCUT2D eigenvalue weighted by atomic mass is 16.5.